The summed E-state index contributed by atoms with van der Waals surface area (Å²) in [6, 6.07) is 10.0. The lowest BCUT2D eigenvalue weighted by Crippen LogP contribution is -2.21. The van der Waals surface area contributed by atoms with Crippen molar-refractivity contribution in [3.05, 3.63) is 46.9 Å². The maximum absolute atomic E-state index is 12.5. The molecule has 3 rings (SSSR count). The molecule has 3 aromatic rings. The molecule has 0 bridgehead atoms. The normalized spacial score (nSPS) is 11.2. The fourth-order valence-electron chi connectivity index (χ4n) is 2.41. The zero-order chi connectivity index (χ0) is 14.3. The third-order valence-corrected chi connectivity index (χ3v) is 4.15. The summed E-state index contributed by atoms with van der Waals surface area (Å²) in [6.07, 6.45) is 3.90. The van der Waals surface area contributed by atoms with Gasteiger partial charge in [0.2, 0.25) is 0 Å². The fraction of sp³-hybridized carbons (Fsp3) is 0.200. The molecule has 0 amide bonds. The number of rotatable bonds is 2. The molecule has 20 heavy (non-hydrogen) atoms. The van der Waals surface area contributed by atoms with Gasteiger partial charge in [0.25, 0.3) is 5.56 Å². The lowest BCUT2D eigenvalue weighted by Gasteiger charge is -2.06. The molecule has 0 radical (unpaired) electrons. The molecule has 0 aliphatic heterocycles. The Labute approximate surface area is 121 Å². The van der Waals surface area contributed by atoms with E-state index in [1.807, 2.05) is 54.4 Å². The van der Waals surface area contributed by atoms with Gasteiger partial charge in [0.05, 0.1) is 0 Å². The summed E-state index contributed by atoms with van der Waals surface area (Å²) in [6.45, 7) is 0. The highest BCUT2D eigenvalue weighted by Crippen LogP contribution is 2.28. The van der Waals surface area contributed by atoms with E-state index in [0.717, 1.165) is 21.8 Å². The Hall–Kier alpha value is -2.01. The summed E-state index contributed by atoms with van der Waals surface area (Å²) in [5.41, 5.74) is 3.47. The van der Waals surface area contributed by atoms with Gasteiger partial charge < -0.3 is 4.57 Å². The van der Waals surface area contributed by atoms with Crippen molar-refractivity contribution >= 4 is 22.8 Å². The largest absolute Gasteiger partial charge is 0.344 e. The van der Waals surface area contributed by atoms with Crippen molar-refractivity contribution < 1.29 is 0 Å². The highest BCUT2D eigenvalue weighted by Gasteiger charge is 2.16. The van der Waals surface area contributed by atoms with Gasteiger partial charge >= 0.3 is 0 Å². The van der Waals surface area contributed by atoms with Gasteiger partial charge in [-0.25, -0.2) is 4.98 Å². The zero-order valence-corrected chi connectivity index (χ0v) is 12.4. The summed E-state index contributed by atoms with van der Waals surface area (Å²) >= 11 is 1.48. The van der Waals surface area contributed by atoms with Crippen LogP contribution in [0.5, 0.6) is 0 Å². The van der Waals surface area contributed by atoms with Crippen molar-refractivity contribution in [2.45, 2.75) is 5.16 Å². The van der Waals surface area contributed by atoms with E-state index in [4.69, 9.17) is 0 Å². The Morgan fingerprint density at radius 1 is 1.15 bits per heavy atom. The lowest BCUT2D eigenvalue weighted by atomic mass is 10.1. The summed E-state index contributed by atoms with van der Waals surface area (Å²) in [4.78, 5) is 17.1. The number of fused-ring (bicyclic) bond motifs is 1. The van der Waals surface area contributed by atoms with Gasteiger partial charge in [0.15, 0.2) is 5.16 Å². The minimum Gasteiger partial charge on any atom is -0.344 e. The van der Waals surface area contributed by atoms with Gasteiger partial charge in [-0.3, -0.25) is 9.36 Å². The van der Waals surface area contributed by atoms with Crippen LogP contribution in [0.1, 0.15) is 0 Å². The van der Waals surface area contributed by atoms with E-state index < -0.39 is 0 Å². The SMILES string of the molecule is CSc1nc2c(-c3ccccc3)cn(C)c2c(=O)n1C. The number of hydrogen-bond donors (Lipinski definition) is 0. The number of aryl methyl sites for hydroxylation is 1. The molecule has 102 valence electrons. The molecule has 0 atom stereocenters. The first-order valence-corrected chi connectivity index (χ1v) is 7.51. The summed E-state index contributed by atoms with van der Waals surface area (Å²) < 4.78 is 3.46. The third-order valence-electron chi connectivity index (χ3n) is 3.42. The van der Waals surface area contributed by atoms with Crippen LogP contribution < -0.4 is 5.56 Å². The molecule has 0 aliphatic carbocycles. The van der Waals surface area contributed by atoms with Gasteiger partial charge in [-0.2, -0.15) is 0 Å². The standard InChI is InChI=1S/C15H15N3OS/c1-17-9-11(10-7-5-4-6-8-10)12-13(17)14(19)18(2)15(16-12)20-3/h4-9H,1-3H3. The fourth-order valence-corrected chi connectivity index (χ4v) is 2.95. The van der Waals surface area contributed by atoms with Crippen LogP contribution >= 0.6 is 11.8 Å². The average Bonchev–Trinajstić information content (AvgIpc) is 2.80. The molecule has 1 aromatic carbocycles. The van der Waals surface area contributed by atoms with Gasteiger partial charge in [-0.1, -0.05) is 42.1 Å². The summed E-state index contributed by atoms with van der Waals surface area (Å²) in [5, 5.41) is 0.728. The van der Waals surface area contributed by atoms with Crippen LogP contribution in [0.4, 0.5) is 0 Å². The van der Waals surface area contributed by atoms with Crippen molar-refractivity contribution in [2.75, 3.05) is 6.26 Å². The minimum atomic E-state index is -0.0102. The van der Waals surface area contributed by atoms with Crippen LogP contribution in [0.15, 0.2) is 46.5 Å². The van der Waals surface area contributed by atoms with Crippen LogP contribution in [0, 0.1) is 0 Å². The summed E-state index contributed by atoms with van der Waals surface area (Å²) in [7, 11) is 3.65. The van der Waals surface area contributed by atoms with E-state index in [0.29, 0.717) is 5.52 Å². The van der Waals surface area contributed by atoms with Gasteiger partial charge in [0, 0.05) is 25.9 Å². The maximum atomic E-state index is 12.5. The second kappa shape index (κ2) is 4.83. The predicted molar refractivity (Wildman–Crippen MR) is 83.2 cm³/mol. The molecule has 0 saturated carbocycles. The summed E-state index contributed by atoms with van der Waals surface area (Å²) in [5.74, 6) is 0. The molecule has 0 N–H and O–H groups in total. The van der Waals surface area contributed by atoms with Crippen molar-refractivity contribution in [3.63, 3.8) is 0 Å². The second-order valence-corrected chi connectivity index (χ2v) is 5.45. The molecular weight excluding hydrogens is 270 g/mol. The van der Waals surface area contributed by atoms with Crippen LogP contribution in [-0.2, 0) is 14.1 Å². The molecule has 5 heteroatoms. The number of nitrogens with zero attached hydrogens (tertiary/aromatic N) is 3. The van der Waals surface area contributed by atoms with Crippen molar-refractivity contribution in [1.82, 2.24) is 14.1 Å². The molecule has 2 heterocycles. The van der Waals surface area contributed by atoms with E-state index in [1.54, 1.807) is 11.6 Å². The molecule has 2 aromatic heterocycles. The first-order valence-electron chi connectivity index (χ1n) is 6.29. The number of hydrogen-bond acceptors (Lipinski definition) is 3. The quantitative estimate of drug-likeness (QED) is 0.537. The van der Waals surface area contributed by atoms with Crippen molar-refractivity contribution in [1.29, 1.82) is 0 Å². The van der Waals surface area contributed by atoms with Crippen LogP contribution in [0.3, 0.4) is 0 Å². The topological polar surface area (TPSA) is 39.8 Å². The molecule has 0 spiro atoms. The Bertz CT molecular complexity index is 834. The van der Waals surface area contributed by atoms with E-state index in [1.165, 1.54) is 11.8 Å². The molecule has 4 nitrogen and oxygen atoms in total. The van der Waals surface area contributed by atoms with Gasteiger partial charge in [0.1, 0.15) is 11.0 Å². The minimum absolute atomic E-state index is 0.0102. The number of aromatic nitrogens is 3. The molecule has 0 fully saturated rings. The van der Waals surface area contributed by atoms with Crippen LogP contribution in [-0.4, -0.2) is 20.4 Å². The molecule has 0 saturated heterocycles. The Morgan fingerprint density at radius 2 is 1.85 bits per heavy atom. The van der Waals surface area contributed by atoms with E-state index in [2.05, 4.69) is 4.98 Å². The Balaban J connectivity index is 2.42. The third kappa shape index (κ3) is 1.86. The highest BCUT2D eigenvalue weighted by atomic mass is 32.2. The van der Waals surface area contributed by atoms with Crippen molar-refractivity contribution in [2.24, 2.45) is 14.1 Å². The number of thioether (sulfide) groups is 1. The molecule has 0 unspecified atom stereocenters. The van der Waals surface area contributed by atoms with Gasteiger partial charge in [-0.15, -0.1) is 0 Å². The van der Waals surface area contributed by atoms with Crippen LogP contribution in [0.2, 0.25) is 0 Å². The first kappa shape index (κ1) is 13.0. The second-order valence-electron chi connectivity index (χ2n) is 4.68. The average molecular weight is 285 g/mol. The van der Waals surface area contributed by atoms with E-state index in [-0.39, 0.29) is 5.56 Å². The highest BCUT2D eigenvalue weighted by molar-refractivity contribution is 7.98. The monoisotopic (exact) mass is 285 g/mol. The van der Waals surface area contributed by atoms with E-state index >= 15 is 0 Å². The Morgan fingerprint density at radius 3 is 2.50 bits per heavy atom. The maximum Gasteiger partial charge on any atom is 0.278 e. The van der Waals surface area contributed by atoms with Crippen LogP contribution in [0.25, 0.3) is 22.2 Å². The predicted octanol–water partition coefficient (Wildman–Crippen LogP) is 2.66. The molecule has 0 aliphatic rings. The molecular formula is C15H15N3OS. The van der Waals surface area contributed by atoms with Gasteiger partial charge in [-0.05, 0) is 11.8 Å². The zero-order valence-electron chi connectivity index (χ0n) is 11.6. The Kier molecular flexibility index (Phi) is 3.14. The number of benzene rings is 1. The first-order chi connectivity index (χ1) is 9.63. The lowest BCUT2D eigenvalue weighted by molar-refractivity contribution is 0.721. The smallest absolute Gasteiger partial charge is 0.278 e. The van der Waals surface area contributed by atoms with Crippen molar-refractivity contribution in [3.8, 4) is 11.1 Å². The van der Waals surface area contributed by atoms with E-state index in [9.17, 15) is 4.79 Å².